The van der Waals surface area contributed by atoms with Crippen LogP contribution < -0.4 is 20.3 Å². The summed E-state index contributed by atoms with van der Waals surface area (Å²) in [5, 5.41) is 0.791. The predicted molar refractivity (Wildman–Crippen MR) is 97.2 cm³/mol. The molecular formula is C19H19N3O4. The molecule has 0 spiro atoms. The van der Waals surface area contributed by atoms with E-state index in [1.165, 1.54) is 7.11 Å². The van der Waals surface area contributed by atoms with Crippen LogP contribution in [0.3, 0.4) is 0 Å². The van der Waals surface area contributed by atoms with Gasteiger partial charge in [-0.2, -0.15) is 0 Å². The maximum absolute atomic E-state index is 12.3. The summed E-state index contributed by atoms with van der Waals surface area (Å²) in [5.41, 5.74) is 6.92. The quantitative estimate of drug-likeness (QED) is 0.613. The van der Waals surface area contributed by atoms with Crippen LogP contribution in [0.5, 0.6) is 11.5 Å². The topological polar surface area (TPSA) is 92.5 Å². The molecule has 1 aromatic heterocycles. The Labute approximate surface area is 150 Å². The van der Waals surface area contributed by atoms with Gasteiger partial charge in [0, 0.05) is 17.1 Å². The van der Waals surface area contributed by atoms with Crippen LogP contribution in [0.1, 0.15) is 15.9 Å². The first-order valence-electron chi connectivity index (χ1n) is 7.98. The van der Waals surface area contributed by atoms with E-state index in [9.17, 15) is 9.59 Å². The van der Waals surface area contributed by atoms with Crippen molar-refractivity contribution in [2.45, 2.75) is 6.42 Å². The Morgan fingerprint density at radius 1 is 1.00 bits per heavy atom. The largest absolute Gasteiger partial charge is 0.493 e. The van der Waals surface area contributed by atoms with Crippen molar-refractivity contribution in [1.82, 2.24) is 15.8 Å². The van der Waals surface area contributed by atoms with Crippen LogP contribution in [0.25, 0.3) is 10.9 Å². The molecule has 3 rings (SSSR count). The van der Waals surface area contributed by atoms with Crippen LogP contribution in [0.2, 0.25) is 0 Å². The number of amides is 2. The summed E-state index contributed by atoms with van der Waals surface area (Å²) in [6.45, 7) is 0. The van der Waals surface area contributed by atoms with E-state index in [0.29, 0.717) is 17.1 Å². The number of nitrogens with one attached hydrogen (secondary N) is 3. The average molecular weight is 353 g/mol. The number of hydrazine groups is 1. The summed E-state index contributed by atoms with van der Waals surface area (Å²) in [6.07, 6.45) is 1.70. The van der Waals surface area contributed by atoms with Gasteiger partial charge in [-0.25, -0.2) is 0 Å². The second kappa shape index (κ2) is 7.60. The van der Waals surface area contributed by atoms with Crippen molar-refractivity contribution in [2.24, 2.45) is 0 Å². The second-order valence-electron chi connectivity index (χ2n) is 5.62. The Morgan fingerprint density at radius 3 is 2.54 bits per heavy atom. The van der Waals surface area contributed by atoms with Gasteiger partial charge < -0.3 is 14.5 Å². The smallest absolute Gasteiger partial charge is 0.271 e. The molecule has 0 saturated carbocycles. The minimum Gasteiger partial charge on any atom is -0.493 e. The van der Waals surface area contributed by atoms with Crippen LogP contribution in [0.4, 0.5) is 0 Å². The molecule has 3 N–H and O–H groups in total. The third-order valence-corrected chi connectivity index (χ3v) is 3.96. The molecular weight excluding hydrogens is 334 g/mol. The zero-order chi connectivity index (χ0) is 18.5. The molecule has 3 aromatic rings. The molecule has 134 valence electrons. The molecule has 2 amide bonds. The standard InChI is InChI=1S/C19H19N3O4/c1-25-16-8-7-12(9-17(16)26-2)10-18(23)21-22-19(24)14-11-20-15-6-4-3-5-13(14)15/h3-9,11,20H,10H2,1-2H3,(H,21,23)(H,22,24). The molecule has 0 saturated heterocycles. The Bertz CT molecular complexity index is 949. The molecule has 7 nitrogen and oxygen atoms in total. The van der Waals surface area contributed by atoms with Crippen molar-refractivity contribution in [3.05, 3.63) is 59.8 Å². The highest BCUT2D eigenvalue weighted by molar-refractivity contribution is 6.07. The van der Waals surface area contributed by atoms with Crippen molar-refractivity contribution < 1.29 is 19.1 Å². The van der Waals surface area contributed by atoms with Gasteiger partial charge in [0.15, 0.2) is 11.5 Å². The zero-order valence-electron chi connectivity index (χ0n) is 14.5. The fourth-order valence-electron chi connectivity index (χ4n) is 2.67. The Hall–Kier alpha value is -3.48. The van der Waals surface area contributed by atoms with Crippen LogP contribution in [-0.2, 0) is 11.2 Å². The Balaban J connectivity index is 1.61. The number of methoxy groups -OCH3 is 2. The number of hydrogen-bond acceptors (Lipinski definition) is 4. The number of H-pyrrole nitrogens is 1. The lowest BCUT2D eigenvalue weighted by molar-refractivity contribution is -0.121. The Kier molecular flexibility index (Phi) is 5.07. The average Bonchev–Trinajstić information content (AvgIpc) is 3.10. The second-order valence-corrected chi connectivity index (χ2v) is 5.62. The van der Waals surface area contributed by atoms with Crippen LogP contribution in [0, 0.1) is 0 Å². The van der Waals surface area contributed by atoms with E-state index in [-0.39, 0.29) is 18.2 Å². The van der Waals surface area contributed by atoms with Crippen molar-refractivity contribution in [1.29, 1.82) is 0 Å². The van der Waals surface area contributed by atoms with Gasteiger partial charge in [0.1, 0.15) is 0 Å². The lowest BCUT2D eigenvalue weighted by atomic mass is 10.1. The highest BCUT2D eigenvalue weighted by Crippen LogP contribution is 2.27. The van der Waals surface area contributed by atoms with Gasteiger partial charge in [0.25, 0.3) is 5.91 Å². The van der Waals surface area contributed by atoms with Gasteiger partial charge in [-0.3, -0.25) is 20.4 Å². The minimum atomic E-state index is -0.386. The van der Waals surface area contributed by atoms with Gasteiger partial charge >= 0.3 is 0 Å². The SMILES string of the molecule is COc1ccc(CC(=O)NNC(=O)c2c[nH]c3ccccc23)cc1OC. The van der Waals surface area contributed by atoms with E-state index < -0.39 is 0 Å². The maximum atomic E-state index is 12.3. The number of carbonyl (C=O) groups is 2. The number of carbonyl (C=O) groups excluding carboxylic acids is 2. The number of aromatic nitrogens is 1. The third-order valence-electron chi connectivity index (χ3n) is 3.96. The van der Waals surface area contributed by atoms with Crippen LogP contribution in [-0.4, -0.2) is 31.0 Å². The highest BCUT2D eigenvalue weighted by atomic mass is 16.5. The summed E-state index contributed by atoms with van der Waals surface area (Å²) >= 11 is 0. The van der Waals surface area contributed by atoms with Crippen molar-refractivity contribution >= 4 is 22.7 Å². The van der Waals surface area contributed by atoms with E-state index in [0.717, 1.165) is 16.5 Å². The number of benzene rings is 2. The number of ether oxygens (including phenoxy) is 2. The summed E-state index contributed by atoms with van der Waals surface area (Å²) in [7, 11) is 3.08. The van der Waals surface area contributed by atoms with Crippen LogP contribution in [0.15, 0.2) is 48.7 Å². The molecule has 0 aliphatic rings. The fourth-order valence-corrected chi connectivity index (χ4v) is 2.67. The van der Waals surface area contributed by atoms with Crippen LogP contribution >= 0.6 is 0 Å². The highest BCUT2D eigenvalue weighted by Gasteiger charge is 2.13. The molecule has 0 bridgehead atoms. The zero-order valence-corrected chi connectivity index (χ0v) is 14.5. The summed E-state index contributed by atoms with van der Waals surface area (Å²) in [6, 6.07) is 12.7. The third kappa shape index (κ3) is 3.61. The Morgan fingerprint density at radius 2 is 1.77 bits per heavy atom. The van der Waals surface area contributed by atoms with E-state index in [1.807, 2.05) is 24.3 Å². The molecule has 0 unspecified atom stereocenters. The first-order chi connectivity index (χ1) is 12.6. The lowest BCUT2D eigenvalue weighted by Crippen LogP contribution is -2.42. The molecule has 2 aromatic carbocycles. The van der Waals surface area contributed by atoms with Crippen molar-refractivity contribution in [3.63, 3.8) is 0 Å². The van der Waals surface area contributed by atoms with Gasteiger partial charge in [-0.15, -0.1) is 0 Å². The van der Waals surface area contributed by atoms with Gasteiger partial charge in [-0.05, 0) is 23.8 Å². The number of fused-ring (bicyclic) bond motifs is 1. The minimum absolute atomic E-state index is 0.0918. The number of para-hydroxylation sites is 1. The fraction of sp³-hybridized carbons (Fsp3) is 0.158. The molecule has 26 heavy (non-hydrogen) atoms. The molecule has 7 heteroatoms. The first kappa shape index (κ1) is 17.3. The van der Waals surface area contributed by atoms with E-state index in [4.69, 9.17) is 9.47 Å². The van der Waals surface area contributed by atoms with E-state index in [2.05, 4.69) is 15.8 Å². The van der Waals surface area contributed by atoms with Crippen molar-refractivity contribution in [3.8, 4) is 11.5 Å². The molecule has 0 radical (unpaired) electrons. The molecule has 0 aliphatic carbocycles. The molecule has 0 aliphatic heterocycles. The number of rotatable bonds is 5. The number of aromatic amines is 1. The monoisotopic (exact) mass is 353 g/mol. The number of hydrogen-bond donors (Lipinski definition) is 3. The predicted octanol–water partition coefficient (Wildman–Crippen LogP) is 2.19. The van der Waals surface area contributed by atoms with Crippen molar-refractivity contribution in [2.75, 3.05) is 14.2 Å². The van der Waals surface area contributed by atoms with Gasteiger partial charge in [0.05, 0.1) is 26.2 Å². The van der Waals surface area contributed by atoms with Gasteiger partial charge in [0.2, 0.25) is 5.91 Å². The lowest BCUT2D eigenvalue weighted by Gasteiger charge is -2.10. The molecule has 0 atom stereocenters. The van der Waals surface area contributed by atoms with E-state index >= 15 is 0 Å². The maximum Gasteiger partial charge on any atom is 0.271 e. The van der Waals surface area contributed by atoms with E-state index in [1.54, 1.807) is 31.5 Å². The summed E-state index contributed by atoms with van der Waals surface area (Å²) in [4.78, 5) is 27.4. The molecule has 0 fully saturated rings. The van der Waals surface area contributed by atoms with Gasteiger partial charge in [-0.1, -0.05) is 24.3 Å². The summed E-state index contributed by atoms with van der Waals surface area (Å²) < 4.78 is 10.4. The molecule has 1 heterocycles. The summed E-state index contributed by atoms with van der Waals surface area (Å²) in [5.74, 6) is 0.401. The normalized spacial score (nSPS) is 10.4. The first-order valence-corrected chi connectivity index (χ1v) is 7.98.